The molecule has 0 amide bonds. The molecule has 2 heteroatoms. The third kappa shape index (κ3) is 4.06. The Hall–Kier alpha value is -0.0800. The van der Waals surface area contributed by atoms with Gasteiger partial charge in [0.15, 0.2) is 0 Å². The van der Waals surface area contributed by atoms with Crippen molar-refractivity contribution < 1.29 is 0 Å². The van der Waals surface area contributed by atoms with Gasteiger partial charge in [0.25, 0.3) is 0 Å². The normalized spacial score (nSPS) is 22.1. The molecule has 1 saturated carbocycles. The molecule has 0 aromatic heterocycles. The van der Waals surface area contributed by atoms with Crippen molar-refractivity contribution in [3.8, 4) is 0 Å². The van der Waals surface area contributed by atoms with Crippen molar-refractivity contribution >= 4 is 0 Å². The fourth-order valence-electron chi connectivity index (χ4n) is 2.37. The van der Waals surface area contributed by atoms with Crippen molar-refractivity contribution in [1.29, 1.82) is 0 Å². The molecule has 1 rings (SSSR count). The van der Waals surface area contributed by atoms with Gasteiger partial charge >= 0.3 is 0 Å². The standard InChI is InChI=1S/C14H30N2/c1-6-12(4)16(7-2)13(5)11(3)10-15-14-8-9-14/h11-15H,6-10H2,1-5H3. The quantitative estimate of drug-likeness (QED) is 0.684. The Labute approximate surface area is 102 Å². The highest BCUT2D eigenvalue weighted by atomic mass is 15.2. The van der Waals surface area contributed by atoms with Gasteiger partial charge in [0, 0.05) is 18.1 Å². The second-order valence-corrected chi connectivity index (χ2v) is 5.49. The van der Waals surface area contributed by atoms with Gasteiger partial charge in [-0.1, -0.05) is 20.8 Å². The average Bonchev–Trinajstić information content (AvgIpc) is 3.10. The second-order valence-electron chi connectivity index (χ2n) is 5.49. The van der Waals surface area contributed by atoms with Gasteiger partial charge in [-0.05, 0) is 52.1 Å². The summed E-state index contributed by atoms with van der Waals surface area (Å²) in [5.41, 5.74) is 0. The van der Waals surface area contributed by atoms with Crippen LogP contribution in [-0.4, -0.2) is 36.1 Å². The lowest BCUT2D eigenvalue weighted by Crippen LogP contribution is -2.45. The van der Waals surface area contributed by atoms with E-state index < -0.39 is 0 Å². The van der Waals surface area contributed by atoms with E-state index in [-0.39, 0.29) is 0 Å². The minimum atomic E-state index is 0.686. The zero-order valence-corrected chi connectivity index (χ0v) is 11.8. The molecule has 1 aliphatic rings. The highest BCUT2D eigenvalue weighted by molar-refractivity contribution is 4.84. The van der Waals surface area contributed by atoms with E-state index in [9.17, 15) is 0 Å². The number of hydrogen-bond acceptors (Lipinski definition) is 2. The van der Waals surface area contributed by atoms with Gasteiger partial charge in [0.1, 0.15) is 0 Å². The van der Waals surface area contributed by atoms with Crippen LogP contribution in [0.4, 0.5) is 0 Å². The van der Waals surface area contributed by atoms with Crippen LogP contribution in [0.25, 0.3) is 0 Å². The Kier molecular flexibility index (Phi) is 5.77. The van der Waals surface area contributed by atoms with E-state index >= 15 is 0 Å². The van der Waals surface area contributed by atoms with Crippen molar-refractivity contribution in [2.45, 2.75) is 72.0 Å². The van der Waals surface area contributed by atoms with Crippen molar-refractivity contribution in [3.63, 3.8) is 0 Å². The first-order valence-corrected chi connectivity index (χ1v) is 7.09. The van der Waals surface area contributed by atoms with Gasteiger partial charge in [-0.2, -0.15) is 0 Å². The van der Waals surface area contributed by atoms with Crippen LogP contribution in [-0.2, 0) is 0 Å². The molecule has 1 aliphatic carbocycles. The molecule has 3 atom stereocenters. The summed E-state index contributed by atoms with van der Waals surface area (Å²) in [5, 5.41) is 3.65. The van der Waals surface area contributed by atoms with Crippen LogP contribution >= 0.6 is 0 Å². The molecule has 1 fully saturated rings. The smallest absolute Gasteiger partial charge is 0.0107 e. The Morgan fingerprint density at radius 3 is 2.25 bits per heavy atom. The van der Waals surface area contributed by atoms with Crippen LogP contribution in [0.3, 0.4) is 0 Å². The third-order valence-electron chi connectivity index (χ3n) is 4.17. The lowest BCUT2D eigenvalue weighted by molar-refractivity contribution is 0.119. The van der Waals surface area contributed by atoms with Crippen LogP contribution in [0.1, 0.15) is 53.9 Å². The monoisotopic (exact) mass is 226 g/mol. The summed E-state index contributed by atoms with van der Waals surface area (Å²) in [6, 6.07) is 2.24. The molecule has 1 N–H and O–H groups in total. The summed E-state index contributed by atoms with van der Waals surface area (Å²) in [7, 11) is 0. The minimum Gasteiger partial charge on any atom is -0.314 e. The molecule has 96 valence electrons. The largest absolute Gasteiger partial charge is 0.314 e. The maximum absolute atomic E-state index is 3.65. The highest BCUT2D eigenvalue weighted by Gasteiger charge is 2.25. The topological polar surface area (TPSA) is 15.3 Å². The lowest BCUT2D eigenvalue weighted by atomic mass is 9.99. The molecule has 3 unspecified atom stereocenters. The number of nitrogens with one attached hydrogen (secondary N) is 1. The molecule has 0 aromatic carbocycles. The van der Waals surface area contributed by atoms with Crippen LogP contribution in [0.15, 0.2) is 0 Å². The van der Waals surface area contributed by atoms with Gasteiger partial charge in [-0.25, -0.2) is 0 Å². The van der Waals surface area contributed by atoms with Gasteiger partial charge in [0.05, 0.1) is 0 Å². The van der Waals surface area contributed by atoms with E-state index in [1.54, 1.807) is 0 Å². The molecule has 0 radical (unpaired) electrons. The van der Waals surface area contributed by atoms with E-state index in [4.69, 9.17) is 0 Å². The lowest BCUT2D eigenvalue weighted by Gasteiger charge is -2.36. The van der Waals surface area contributed by atoms with Crippen molar-refractivity contribution in [3.05, 3.63) is 0 Å². The molecular formula is C14H30N2. The zero-order valence-electron chi connectivity index (χ0n) is 11.8. The van der Waals surface area contributed by atoms with Gasteiger partial charge in [0.2, 0.25) is 0 Å². The Balaban J connectivity index is 2.34. The van der Waals surface area contributed by atoms with Crippen LogP contribution in [0.2, 0.25) is 0 Å². The first-order chi connectivity index (χ1) is 7.60. The summed E-state index contributed by atoms with van der Waals surface area (Å²) in [6.45, 7) is 14.0. The average molecular weight is 226 g/mol. The van der Waals surface area contributed by atoms with Crippen molar-refractivity contribution in [2.75, 3.05) is 13.1 Å². The zero-order chi connectivity index (χ0) is 12.1. The number of hydrogen-bond donors (Lipinski definition) is 1. The van der Waals surface area contributed by atoms with E-state index in [1.807, 2.05) is 0 Å². The Bertz CT molecular complexity index is 189. The van der Waals surface area contributed by atoms with E-state index in [2.05, 4.69) is 44.8 Å². The SMILES string of the molecule is CCC(C)N(CC)C(C)C(C)CNC1CC1. The van der Waals surface area contributed by atoms with Crippen LogP contribution in [0, 0.1) is 5.92 Å². The Morgan fingerprint density at radius 1 is 1.19 bits per heavy atom. The number of rotatable bonds is 8. The molecule has 0 aliphatic heterocycles. The number of nitrogens with zero attached hydrogens (tertiary/aromatic N) is 1. The maximum Gasteiger partial charge on any atom is 0.0107 e. The van der Waals surface area contributed by atoms with Crippen molar-refractivity contribution in [2.24, 2.45) is 5.92 Å². The van der Waals surface area contributed by atoms with Crippen molar-refractivity contribution in [1.82, 2.24) is 10.2 Å². The first kappa shape index (κ1) is 14.0. The summed E-state index contributed by atoms with van der Waals surface area (Å²) >= 11 is 0. The molecule has 2 nitrogen and oxygen atoms in total. The predicted molar refractivity (Wildman–Crippen MR) is 71.8 cm³/mol. The molecule has 0 saturated heterocycles. The predicted octanol–water partition coefficient (Wildman–Crippen LogP) is 2.88. The maximum atomic E-state index is 3.65. The Morgan fingerprint density at radius 2 is 1.81 bits per heavy atom. The molecule has 0 spiro atoms. The van der Waals surface area contributed by atoms with E-state index in [1.165, 1.54) is 32.4 Å². The molecule has 0 aromatic rings. The minimum absolute atomic E-state index is 0.686. The van der Waals surface area contributed by atoms with Gasteiger partial charge in [-0.15, -0.1) is 0 Å². The van der Waals surface area contributed by atoms with Crippen LogP contribution < -0.4 is 5.32 Å². The summed E-state index contributed by atoms with van der Waals surface area (Å²) in [5.74, 6) is 0.745. The molecule has 0 bridgehead atoms. The highest BCUT2D eigenvalue weighted by Crippen LogP contribution is 2.20. The van der Waals surface area contributed by atoms with E-state index in [0.29, 0.717) is 12.1 Å². The van der Waals surface area contributed by atoms with Gasteiger partial charge in [-0.3, -0.25) is 4.90 Å². The molecule has 16 heavy (non-hydrogen) atoms. The first-order valence-electron chi connectivity index (χ1n) is 7.09. The summed E-state index contributed by atoms with van der Waals surface area (Å²) < 4.78 is 0. The van der Waals surface area contributed by atoms with Crippen LogP contribution in [0.5, 0.6) is 0 Å². The van der Waals surface area contributed by atoms with Gasteiger partial charge < -0.3 is 5.32 Å². The fraction of sp³-hybridized carbons (Fsp3) is 1.00. The second kappa shape index (κ2) is 6.61. The molecule has 0 heterocycles. The van der Waals surface area contributed by atoms with E-state index in [0.717, 1.165) is 12.0 Å². The summed E-state index contributed by atoms with van der Waals surface area (Å²) in [4.78, 5) is 2.64. The summed E-state index contributed by atoms with van der Waals surface area (Å²) in [6.07, 6.45) is 4.04. The molecular weight excluding hydrogens is 196 g/mol. The fourth-order valence-corrected chi connectivity index (χ4v) is 2.37. The third-order valence-corrected chi connectivity index (χ3v) is 4.17.